The minimum Gasteiger partial charge on any atom is -0.488 e. The van der Waals surface area contributed by atoms with Gasteiger partial charge in [-0.2, -0.15) is 0 Å². The van der Waals surface area contributed by atoms with Gasteiger partial charge in [-0.15, -0.1) is 0 Å². The highest BCUT2D eigenvalue weighted by Gasteiger charge is 2.15. The maximum absolute atomic E-state index is 11.8. The molecule has 2 amide bonds. The zero-order valence-corrected chi connectivity index (χ0v) is 16.3. The standard InChI is InChI=1S/C19H22N4O3S/c1-4-21-18(24)23-19-22-15-8-14(13-6-5-7-20-10-13)16(9-17(15)27-19)26-12(2)11-25-3/h5-10,12H,4,11H2,1-3H3,(H2,21,22,23,24)/t12-/m0/s1. The van der Waals surface area contributed by atoms with Crippen molar-refractivity contribution in [2.24, 2.45) is 0 Å². The molecule has 142 valence electrons. The minimum atomic E-state index is -0.269. The molecular weight excluding hydrogens is 364 g/mol. The number of amides is 2. The van der Waals surface area contributed by atoms with Crippen LogP contribution in [0.1, 0.15) is 13.8 Å². The Labute approximate surface area is 161 Å². The van der Waals surface area contributed by atoms with Crippen molar-refractivity contribution in [3.05, 3.63) is 36.7 Å². The number of methoxy groups -OCH3 is 1. The summed E-state index contributed by atoms with van der Waals surface area (Å²) in [5, 5.41) is 5.99. The Morgan fingerprint density at radius 3 is 2.93 bits per heavy atom. The van der Waals surface area contributed by atoms with Gasteiger partial charge in [-0.05, 0) is 26.0 Å². The van der Waals surface area contributed by atoms with Crippen LogP contribution >= 0.6 is 11.3 Å². The molecule has 0 aliphatic rings. The van der Waals surface area contributed by atoms with E-state index in [1.807, 2.05) is 38.1 Å². The highest BCUT2D eigenvalue weighted by Crippen LogP contribution is 2.37. The molecule has 1 atom stereocenters. The van der Waals surface area contributed by atoms with Crippen LogP contribution in [-0.2, 0) is 4.74 Å². The van der Waals surface area contributed by atoms with E-state index in [-0.39, 0.29) is 12.1 Å². The van der Waals surface area contributed by atoms with Crippen molar-refractivity contribution in [3.63, 3.8) is 0 Å². The molecule has 0 saturated heterocycles. The van der Waals surface area contributed by atoms with Gasteiger partial charge >= 0.3 is 6.03 Å². The van der Waals surface area contributed by atoms with Gasteiger partial charge in [0.15, 0.2) is 5.13 Å². The third-order valence-corrected chi connectivity index (χ3v) is 4.68. The lowest BCUT2D eigenvalue weighted by Gasteiger charge is -2.17. The summed E-state index contributed by atoms with van der Waals surface area (Å²) in [7, 11) is 1.65. The van der Waals surface area contributed by atoms with Crippen LogP contribution in [0.2, 0.25) is 0 Å². The number of anilines is 1. The average molecular weight is 386 g/mol. The Kier molecular flexibility index (Phi) is 6.20. The molecule has 0 aliphatic carbocycles. The third-order valence-electron chi connectivity index (χ3n) is 3.75. The van der Waals surface area contributed by atoms with Crippen molar-refractivity contribution in [1.82, 2.24) is 15.3 Å². The zero-order valence-electron chi connectivity index (χ0n) is 15.5. The topological polar surface area (TPSA) is 85.4 Å². The molecule has 0 spiro atoms. The van der Waals surface area contributed by atoms with Gasteiger partial charge in [0.25, 0.3) is 0 Å². The first-order valence-electron chi connectivity index (χ1n) is 8.66. The molecule has 2 heterocycles. The monoisotopic (exact) mass is 386 g/mol. The second-order valence-electron chi connectivity index (χ2n) is 5.95. The zero-order chi connectivity index (χ0) is 19.2. The van der Waals surface area contributed by atoms with Gasteiger partial charge < -0.3 is 14.8 Å². The Hall–Kier alpha value is -2.71. The normalized spacial score (nSPS) is 12.0. The van der Waals surface area contributed by atoms with Gasteiger partial charge in [-0.1, -0.05) is 17.4 Å². The predicted octanol–water partition coefficient (Wildman–Crippen LogP) is 3.91. The summed E-state index contributed by atoms with van der Waals surface area (Å²) in [6.45, 7) is 4.85. The second-order valence-corrected chi connectivity index (χ2v) is 6.98. The number of pyridine rings is 1. The van der Waals surface area contributed by atoms with Crippen LogP contribution in [0.15, 0.2) is 36.7 Å². The second kappa shape index (κ2) is 8.79. The van der Waals surface area contributed by atoms with Crippen LogP contribution in [0.4, 0.5) is 9.93 Å². The lowest BCUT2D eigenvalue weighted by atomic mass is 10.1. The van der Waals surface area contributed by atoms with E-state index in [2.05, 4.69) is 20.6 Å². The number of hydrogen-bond acceptors (Lipinski definition) is 6. The van der Waals surface area contributed by atoms with Crippen LogP contribution in [-0.4, -0.2) is 42.4 Å². The number of carbonyl (C=O) groups is 1. The molecule has 0 bridgehead atoms. The summed E-state index contributed by atoms with van der Waals surface area (Å²) in [5.74, 6) is 0.730. The van der Waals surface area contributed by atoms with E-state index < -0.39 is 0 Å². The number of thiazole rings is 1. The van der Waals surface area contributed by atoms with E-state index in [9.17, 15) is 4.79 Å². The van der Waals surface area contributed by atoms with Crippen LogP contribution in [0.3, 0.4) is 0 Å². The first-order valence-corrected chi connectivity index (χ1v) is 9.47. The van der Waals surface area contributed by atoms with Crippen LogP contribution in [0.25, 0.3) is 21.3 Å². The third kappa shape index (κ3) is 4.72. The highest BCUT2D eigenvalue weighted by molar-refractivity contribution is 7.22. The molecule has 0 fully saturated rings. The van der Waals surface area contributed by atoms with Crippen LogP contribution in [0.5, 0.6) is 5.75 Å². The molecule has 8 heteroatoms. The maximum Gasteiger partial charge on any atom is 0.321 e. The quantitative estimate of drug-likeness (QED) is 0.643. The number of nitrogens with one attached hydrogen (secondary N) is 2. The number of rotatable bonds is 7. The Bertz CT molecular complexity index is 914. The van der Waals surface area contributed by atoms with Crippen molar-refractivity contribution in [3.8, 4) is 16.9 Å². The highest BCUT2D eigenvalue weighted by atomic mass is 32.1. The lowest BCUT2D eigenvalue weighted by molar-refractivity contribution is 0.0925. The molecule has 3 aromatic rings. The van der Waals surface area contributed by atoms with Crippen molar-refractivity contribution < 1.29 is 14.3 Å². The van der Waals surface area contributed by atoms with E-state index in [0.29, 0.717) is 18.3 Å². The van der Waals surface area contributed by atoms with E-state index in [1.54, 1.807) is 19.5 Å². The first-order chi connectivity index (χ1) is 13.1. The summed E-state index contributed by atoms with van der Waals surface area (Å²) in [6, 6.07) is 7.49. The molecule has 0 unspecified atom stereocenters. The molecule has 0 saturated carbocycles. The number of urea groups is 1. The summed E-state index contributed by atoms with van der Waals surface area (Å²) in [4.78, 5) is 20.5. The number of fused-ring (bicyclic) bond motifs is 1. The fraction of sp³-hybridized carbons (Fsp3) is 0.316. The number of benzene rings is 1. The average Bonchev–Trinajstić information content (AvgIpc) is 3.03. The summed E-state index contributed by atoms with van der Waals surface area (Å²) in [6.07, 6.45) is 3.41. The Morgan fingerprint density at radius 2 is 2.22 bits per heavy atom. The van der Waals surface area contributed by atoms with Crippen molar-refractivity contribution in [1.29, 1.82) is 0 Å². The van der Waals surface area contributed by atoms with Gasteiger partial charge in [0, 0.05) is 43.2 Å². The Morgan fingerprint density at radius 1 is 1.37 bits per heavy atom. The van der Waals surface area contributed by atoms with E-state index in [1.165, 1.54) is 11.3 Å². The molecule has 0 radical (unpaired) electrons. The number of carbonyl (C=O) groups excluding carboxylic acids is 1. The van der Waals surface area contributed by atoms with Gasteiger partial charge in [0.05, 0.1) is 16.8 Å². The molecule has 0 aliphatic heterocycles. The fourth-order valence-electron chi connectivity index (χ4n) is 2.64. The molecule has 2 N–H and O–H groups in total. The largest absolute Gasteiger partial charge is 0.488 e. The maximum atomic E-state index is 11.8. The lowest BCUT2D eigenvalue weighted by Crippen LogP contribution is -2.28. The van der Waals surface area contributed by atoms with Gasteiger partial charge in [0.1, 0.15) is 11.9 Å². The smallest absolute Gasteiger partial charge is 0.321 e. The number of aromatic nitrogens is 2. The summed E-state index contributed by atoms with van der Waals surface area (Å²) < 4.78 is 12.2. The van der Waals surface area contributed by atoms with E-state index in [0.717, 1.165) is 27.1 Å². The number of ether oxygens (including phenoxy) is 2. The molecule has 7 nitrogen and oxygen atoms in total. The molecule has 3 rings (SSSR count). The van der Waals surface area contributed by atoms with E-state index in [4.69, 9.17) is 9.47 Å². The SMILES string of the molecule is CCNC(=O)Nc1nc2cc(-c3cccnc3)c(O[C@@H](C)COC)cc2s1. The van der Waals surface area contributed by atoms with Gasteiger partial charge in [0.2, 0.25) is 0 Å². The predicted molar refractivity (Wildman–Crippen MR) is 108 cm³/mol. The van der Waals surface area contributed by atoms with Crippen LogP contribution < -0.4 is 15.4 Å². The van der Waals surface area contributed by atoms with Crippen molar-refractivity contribution in [2.75, 3.05) is 25.6 Å². The minimum absolute atomic E-state index is 0.108. The van der Waals surface area contributed by atoms with Crippen LogP contribution in [0, 0.1) is 0 Å². The van der Waals surface area contributed by atoms with Gasteiger partial charge in [-0.25, -0.2) is 9.78 Å². The summed E-state index contributed by atoms with van der Waals surface area (Å²) >= 11 is 1.40. The van der Waals surface area contributed by atoms with Crippen molar-refractivity contribution in [2.45, 2.75) is 20.0 Å². The Balaban J connectivity index is 2.00. The molecule has 27 heavy (non-hydrogen) atoms. The summed E-state index contributed by atoms with van der Waals surface area (Å²) in [5.41, 5.74) is 2.62. The molecule has 1 aromatic carbocycles. The van der Waals surface area contributed by atoms with E-state index >= 15 is 0 Å². The molecular formula is C19H22N4O3S. The van der Waals surface area contributed by atoms with Gasteiger partial charge in [-0.3, -0.25) is 10.3 Å². The number of nitrogens with zero attached hydrogens (tertiary/aromatic N) is 2. The van der Waals surface area contributed by atoms with Crippen molar-refractivity contribution >= 4 is 32.7 Å². The number of hydrogen-bond donors (Lipinski definition) is 2. The molecule has 2 aromatic heterocycles. The first kappa shape index (κ1) is 19.1. The fourth-order valence-corrected chi connectivity index (χ4v) is 3.51.